The Hall–Kier alpha value is -2.19. The van der Waals surface area contributed by atoms with E-state index in [1.54, 1.807) is 17.0 Å². The molecule has 2 aromatic carbocycles. The third kappa shape index (κ3) is 4.39. The molecule has 1 unspecified atom stereocenters. The molecule has 0 spiro atoms. The van der Waals surface area contributed by atoms with Crippen molar-refractivity contribution in [3.63, 3.8) is 0 Å². The SMILES string of the molecule is CS(=O)(=O)c1ccc(CNC(=O)C2CCN(c3ccccc3Br)C2=O)cc1. The molecule has 0 bridgehead atoms. The predicted molar refractivity (Wildman–Crippen MR) is 106 cm³/mol. The molecule has 1 aliphatic rings. The number of anilines is 1. The van der Waals surface area contributed by atoms with E-state index in [-0.39, 0.29) is 23.3 Å². The lowest BCUT2D eigenvalue weighted by Gasteiger charge is -2.18. The van der Waals surface area contributed by atoms with Gasteiger partial charge in [-0.3, -0.25) is 9.59 Å². The van der Waals surface area contributed by atoms with Gasteiger partial charge in [-0.1, -0.05) is 24.3 Å². The van der Waals surface area contributed by atoms with Gasteiger partial charge in [-0.25, -0.2) is 8.42 Å². The van der Waals surface area contributed by atoms with Crippen LogP contribution in [0.3, 0.4) is 0 Å². The molecule has 1 fully saturated rings. The van der Waals surface area contributed by atoms with Gasteiger partial charge in [0.1, 0.15) is 5.92 Å². The van der Waals surface area contributed by atoms with Crippen molar-refractivity contribution in [2.75, 3.05) is 17.7 Å². The smallest absolute Gasteiger partial charge is 0.239 e. The number of hydrogen-bond acceptors (Lipinski definition) is 4. The molecular weight excluding hydrogens is 432 g/mol. The van der Waals surface area contributed by atoms with Crippen LogP contribution in [-0.2, 0) is 26.0 Å². The Morgan fingerprint density at radius 2 is 1.85 bits per heavy atom. The topological polar surface area (TPSA) is 83.6 Å². The number of hydrogen-bond donors (Lipinski definition) is 1. The number of carbonyl (C=O) groups excluding carboxylic acids is 2. The van der Waals surface area contributed by atoms with Crippen LogP contribution in [0.15, 0.2) is 57.9 Å². The highest BCUT2D eigenvalue weighted by Gasteiger charge is 2.37. The Morgan fingerprint density at radius 1 is 1.19 bits per heavy atom. The monoisotopic (exact) mass is 450 g/mol. The maximum absolute atomic E-state index is 12.6. The summed E-state index contributed by atoms with van der Waals surface area (Å²) in [7, 11) is -3.25. The molecule has 1 saturated heterocycles. The number of carbonyl (C=O) groups is 2. The zero-order chi connectivity index (χ0) is 19.6. The van der Waals surface area contributed by atoms with Crippen molar-refractivity contribution >= 4 is 43.3 Å². The lowest BCUT2D eigenvalue weighted by Crippen LogP contribution is -2.36. The van der Waals surface area contributed by atoms with E-state index in [2.05, 4.69) is 21.2 Å². The molecule has 0 radical (unpaired) electrons. The van der Waals surface area contributed by atoms with Crippen molar-refractivity contribution in [3.05, 3.63) is 58.6 Å². The number of nitrogens with zero attached hydrogens (tertiary/aromatic N) is 1. The fraction of sp³-hybridized carbons (Fsp3) is 0.263. The predicted octanol–water partition coefficient (Wildman–Crippen LogP) is 2.52. The van der Waals surface area contributed by atoms with Crippen LogP contribution in [0.5, 0.6) is 0 Å². The highest BCUT2D eigenvalue weighted by Crippen LogP contribution is 2.31. The summed E-state index contributed by atoms with van der Waals surface area (Å²) >= 11 is 3.43. The number of amides is 2. The van der Waals surface area contributed by atoms with Crippen molar-refractivity contribution in [1.82, 2.24) is 5.32 Å². The van der Waals surface area contributed by atoms with Crippen LogP contribution in [-0.4, -0.2) is 33.0 Å². The standard InChI is InChI=1S/C19H19BrN2O4S/c1-27(25,26)14-8-6-13(7-9-14)12-21-18(23)15-10-11-22(19(15)24)17-5-3-2-4-16(17)20/h2-9,15H,10-12H2,1H3,(H,21,23). The molecule has 0 saturated carbocycles. The molecule has 0 aliphatic carbocycles. The van der Waals surface area contributed by atoms with Gasteiger partial charge >= 0.3 is 0 Å². The molecule has 2 aromatic rings. The number of nitrogens with one attached hydrogen (secondary N) is 1. The summed E-state index contributed by atoms with van der Waals surface area (Å²) in [5.74, 6) is -1.25. The Kier molecular flexibility index (Phi) is 5.67. The molecule has 3 rings (SSSR count). The summed E-state index contributed by atoms with van der Waals surface area (Å²) in [6.45, 7) is 0.726. The Labute approximate surface area is 166 Å². The zero-order valence-electron chi connectivity index (χ0n) is 14.7. The van der Waals surface area contributed by atoms with Crippen molar-refractivity contribution in [1.29, 1.82) is 0 Å². The first kappa shape index (κ1) is 19.6. The average molecular weight is 451 g/mol. The van der Waals surface area contributed by atoms with E-state index in [0.717, 1.165) is 22.0 Å². The molecule has 2 amide bonds. The summed E-state index contributed by atoms with van der Waals surface area (Å²) in [6.07, 6.45) is 1.60. The van der Waals surface area contributed by atoms with Crippen LogP contribution in [0.4, 0.5) is 5.69 Å². The van der Waals surface area contributed by atoms with Gasteiger partial charge in [0.05, 0.1) is 10.6 Å². The molecule has 27 heavy (non-hydrogen) atoms. The van der Waals surface area contributed by atoms with Gasteiger partial charge in [-0.05, 0) is 52.2 Å². The molecule has 1 aliphatic heterocycles. The Balaban J connectivity index is 1.62. The van der Waals surface area contributed by atoms with Gasteiger partial charge in [0.2, 0.25) is 11.8 Å². The second kappa shape index (κ2) is 7.82. The van der Waals surface area contributed by atoms with Crippen molar-refractivity contribution in [2.45, 2.75) is 17.9 Å². The van der Waals surface area contributed by atoms with Gasteiger partial charge in [0.15, 0.2) is 9.84 Å². The van der Waals surface area contributed by atoms with E-state index < -0.39 is 15.8 Å². The van der Waals surface area contributed by atoms with E-state index >= 15 is 0 Å². The van der Waals surface area contributed by atoms with Crippen molar-refractivity contribution in [3.8, 4) is 0 Å². The van der Waals surface area contributed by atoms with Crippen LogP contribution in [0.1, 0.15) is 12.0 Å². The lowest BCUT2D eigenvalue weighted by atomic mass is 10.1. The highest BCUT2D eigenvalue weighted by atomic mass is 79.9. The van der Waals surface area contributed by atoms with Crippen LogP contribution in [0.2, 0.25) is 0 Å². The fourth-order valence-electron chi connectivity index (χ4n) is 3.00. The summed E-state index contributed by atoms with van der Waals surface area (Å²) in [5.41, 5.74) is 1.53. The summed E-state index contributed by atoms with van der Waals surface area (Å²) in [4.78, 5) is 26.9. The minimum atomic E-state index is -3.25. The maximum Gasteiger partial charge on any atom is 0.239 e. The quantitative estimate of drug-likeness (QED) is 0.709. The molecule has 6 nitrogen and oxygen atoms in total. The molecule has 1 N–H and O–H groups in total. The normalized spacial score (nSPS) is 17.2. The van der Waals surface area contributed by atoms with Crippen LogP contribution in [0.25, 0.3) is 0 Å². The molecule has 8 heteroatoms. The number of sulfone groups is 1. The summed E-state index contributed by atoms with van der Waals surface area (Å²) in [5, 5.41) is 2.77. The van der Waals surface area contributed by atoms with Gasteiger partial charge in [0.25, 0.3) is 0 Å². The number of rotatable bonds is 5. The van der Waals surface area contributed by atoms with Gasteiger partial charge in [-0.2, -0.15) is 0 Å². The molecule has 1 heterocycles. The minimum absolute atomic E-state index is 0.216. The molecular formula is C19H19BrN2O4S. The first-order valence-electron chi connectivity index (χ1n) is 8.40. The summed E-state index contributed by atoms with van der Waals surface area (Å²) < 4.78 is 23.8. The number of para-hydroxylation sites is 1. The fourth-order valence-corrected chi connectivity index (χ4v) is 4.13. The Morgan fingerprint density at radius 3 is 2.48 bits per heavy atom. The van der Waals surface area contributed by atoms with Crippen molar-refractivity contribution < 1.29 is 18.0 Å². The molecule has 0 aromatic heterocycles. The van der Waals surface area contributed by atoms with Crippen LogP contribution < -0.4 is 10.2 Å². The van der Waals surface area contributed by atoms with Crippen LogP contribution in [0, 0.1) is 5.92 Å². The average Bonchev–Trinajstić information content (AvgIpc) is 3.01. The van der Waals surface area contributed by atoms with E-state index in [1.165, 1.54) is 12.1 Å². The highest BCUT2D eigenvalue weighted by molar-refractivity contribution is 9.10. The van der Waals surface area contributed by atoms with E-state index in [0.29, 0.717) is 13.0 Å². The third-order valence-electron chi connectivity index (χ3n) is 4.48. The first-order valence-corrected chi connectivity index (χ1v) is 11.1. The molecule has 142 valence electrons. The van der Waals surface area contributed by atoms with Gasteiger partial charge in [-0.15, -0.1) is 0 Å². The zero-order valence-corrected chi connectivity index (χ0v) is 17.1. The van der Waals surface area contributed by atoms with Gasteiger partial charge < -0.3 is 10.2 Å². The lowest BCUT2D eigenvalue weighted by molar-refractivity contribution is -0.132. The minimum Gasteiger partial charge on any atom is -0.351 e. The summed E-state index contributed by atoms with van der Waals surface area (Å²) in [6, 6.07) is 13.7. The van der Waals surface area contributed by atoms with Crippen molar-refractivity contribution in [2.24, 2.45) is 5.92 Å². The van der Waals surface area contributed by atoms with E-state index in [1.807, 2.05) is 24.3 Å². The maximum atomic E-state index is 12.6. The van der Waals surface area contributed by atoms with Gasteiger partial charge in [0, 0.05) is 23.8 Å². The second-order valence-electron chi connectivity index (χ2n) is 6.42. The second-order valence-corrected chi connectivity index (χ2v) is 9.29. The number of halogens is 1. The third-order valence-corrected chi connectivity index (χ3v) is 6.28. The Bertz CT molecular complexity index is 973. The van der Waals surface area contributed by atoms with E-state index in [4.69, 9.17) is 0 Å². The van der Waals surface area contributed by atoms with Crippen LogP contribution >= 0.6 is 15.9 Å². The van der Waals surface area contributed by atoms with E-state index in [9.17, 15) is 18.0 Å². The largest absolute Gasteiger partial charge is 0.351 e. The number of benzene rings is 2. The molecule has 1 atom stereocenters. The first-order chi connectivity index (χ1) is 12.8.